The highest BCUT2D eigenvalue weighted by Gasteiger charge is 2.36. The van der Waals surface area contributed by atoms with Crippen molar-refractivity contribution in [1.82, 2.24) is 9.13 Å². The van der Waals surface area contributed by atoms with E-state index in [1.54, 1.807) is 48.5 Å². The van der Waals surface area contributed by atoms with Gasteiger partial charge in [-0.25, -0.2) is 24.2 Å². The van der Waals surface area contributed by atoms with Crippen molar-refractivity contribution in [3.05, 3.63) is 266 Å². The molecule has 0 aliphatic carbocycles. The molecule has 0 fully saturated rings. The smallest absolute Gasteiger partial charge is 0.307 e. The summed E-state index contributed by atoms with van der Waals surface area (Å²) in [4.78, 5) is 18.2. The van der Waals surface area contributed by atoms with Gasteiger partial charge in [0.2, 0.25) is 0 Å². The first-order chi connectivity index (χ1) is 41.8. The van der Waals surface area contributed by atoms with Gasteiger partial charge < -0.3 is 9.13 Å². The third kappa shape index (κ3) is 8.64. The third-order valence-electron chi connectivity index (χ3n) is 15.2. The highest BCUT2D eigenvalue weighted by atomic mass is 19.4. The Balaban J connectivity index is 1.31. The van der Waals surface area contributed by atoms with Crippen LogP contribution in [0.4, 0.5) is 41.6 Å². The zero-order valence-electron chi connectivity index (χ0n) is 44.2. The molecule has 0 spiro atoms. The molecule has 12 aromatic rings. The first-order valence-corrected chi connectivity index (χ1v) is 25.8. The maximum Gasteiger partial charge on any atom is 0.415 e. The monoisotopic (exact) mass is 1110 g/mol. The van der Waals surface area contributed by atoms with Gasteiger partial charge in [0, 0.05) is 49.4 Å². The van der Waals surface area contributed by atoms with Crippen molar-refractivity contribution in [2.45, 2.75) is 6.18 Å². The van der Waals surface area contributed by atoms with Crippen LogP contribution < -0.4 is 0 Å². The second-order valence-corrected chi connectivity index (χ2v) is 19.7. The van der Waals surface area contributed by atoms with Crippen LogP contribution in [0.1, 0.15) is 33.4 Å². The standard InChI is InChI=1S/C71H29F3N12/c1-80-49-15-23-51(46(27-49)37-77)42-11-19-55-57-21-13-44(53-17-9-40(35-75)25-62(53)83-4)31-66(57)85(64(55)29-42)68-33-48(39-79)59(70-60(71(72,73)74)7-6-8-61(70)82-3)34-69(68)86-65-30-43(52-24-16-50(81-2)28-47(52)38-78)12-20-56(65)58-22-14-45(32-67(58)86)54-18-10-41(36-76)26-63(54)84-5/h6-34H. The molecule has 12 rings (SSSR count). The molecule has 0 unspecified atom stereocenters. The summed E-state index contributed by atoms with van der Waals surface area (Å²) in [6.45, 7) is 40.0. The maximum absolute atomic E-state index is 15.6. The van der Waals surface area contributed by atoms with Crippen LogP contribution >= 0.6 is 0 Å². The molecule has 10 aromatic carbocycles. The van der Waals surface area contributed by atoms with Crippen molar-refractivity contribution in [3.8, 4) is 97.4 Å². The highest BCUT2D eigenvalue weighted by Crippen LogP contribution is 2.49. The lowest BCUT2D eigenvalue weighted by atomic mass is 9.92. The van der Waals surface area contributed by atoms with Crippen molar-refractivity contribution in [1.29, 1.82) is 26.3 Å². The molecule has 2 aromatic heterocycles. The van der Waals surface area contributed by atoms with Crippen molar-refractivity contribution in [2.24, 2.45) is 0 Å². The topological polar surface area (TPSA) is 151 Å². The number of rotatable bonds is 7. The maximum atomic E-state index is 15.6. The lowest BCUT2D eigenvalue weighted by molar-refractivity contribution is -0.137. The molecule has 0 aliphatic heterocycles. The van der Waals surface area contributed by atoms with Crippen LogP contribution in [0.3, 0.4) is 0 Å². The Bertz CT molecular complexity index is 5230. The fourth-order valence-electron chi connectivity index (χ4n) is 11.4. The van der Waals surface area contributed by atoms with Gasteiger partial charge in [-0.05, 0) is 123 Å². The first-order valence-electron chi connectivity index (χ1n) is 25.8. The molecular weight excluding hydrogens is 1080 g/mol. The summed E-state index contributed by atoms with van der Waals surface area (Å²) in [6.07, 6.45) is -5.02. The van der Waals surface area contributed by atoms with Crippen LogP contribution in [-0.2, 0) is 6.18 Å². The summed E-state index contributed by atoms with van der Waals surface area (Å²) < 4.78 is 50.4. The van der Waals surface area contributed by atoms with Gasteiger partial charge in [0.25, 0.3) is 0 Å². The van der Waals surface area contributed by atoms with E-state index in [2.05, 4.69) is 54.6 Å². The Morgan fingerprint density at radius 3 is 1.10 bits per heavy atom. The molecule has 0 atom stereocenters. The number of benzene rings is 10. The highest BCUT2D eigenvalue weighted by molar-refractivity contribution is 6.14. The van der Waals surface area contributed by atoms with E-state index in [1.807, 2.05) is 81.9 Å². The molecule has 0 aliphatic rings. The van der Waals surface area contributed by atoms with E-state index in [1.165, 1.54) is 42.5 Å². The van der Waals surface area contributed by atoms with E-state index < -0.39 is 17.3 Å². The number of hydrogen-bond donors (Lipinski definition) is 0. The summed E-state index contributed by atoms with van der Waals surface area (Å²) >= 11 is 0. The summed E-state index contributed by atoms with van der Waals surface area (Å²) in [6, 6.07) is 57.9. The van der Waals surface area contributed by atoms with Crippen molar-refractivity contribution in [3.63, 3.8) is 0 Å². The normalized spacial score (nSPS) is 10.8. The Hall–Kier alpha value is -13.5. The molecule has 0 radical (unpaired) electrons. The molecule has 0 amide bonds. The number of aromatic nitrogens is 2. The zero-order valence-corrected chi connectivity index (χ0v) is 44.2. The van der Waals surface area contributed by atoms with Crippen LogP contribution in [0.25, 0.3) is 135 Å². The van der Waals surface area contributed by atoms with Crippen LogP contribution in [0.2, 0.25) is 0 Å². The molecule has 15 heteroatoms. The van der Waals surface area contributed by atoms with Crippen LogP contribution in [0, 0.1) is 89.5 Å². The molecule has 2 heterocycles. The predicted octanol–water partition coefficient (Wildman–Crippen LogP) is 19.3. The van der Waals surface area contributed by atoms with Crippen LogP contribution in [0.15, 0.2) is 176 Å². The summed E-state index contributed by atoms with van der Waals surface area (Å²) in [5.74, 6) is 0. The summed E-state index contributed by atoms with van der Waals surface area (Å²) in [7, 11) is 0. The lowest BCUT2D eigenvalue weighted by Crippen LogP contribution is -2.09. The van der Waals surface area contributed by atoms with Gasteiger partial charge in [-0.1, -0.05) is 103 Å². The van der Waals surface area contributed by atoms with Crippen LogP contribution in [0.5, 0.6) is 0 Å². The van der Waals surface area contributed by atoms with Gasteiger partial charge in [-0.2, -0.15) is 39.5 Å². The Kier molecular flexibility index (Phi) is 12.9. The Morgan fingerprint density at radius 2 is 0.733 bits per heavy atom. The number of halogens is 3. The minimum Gasteiger partial charge on any atom is -0.307 e. The van der Waals surface area contributed by atoms with E-state index in [-0.39, 0.29) is 73.2 Å². The molecule has 86 heavy (non-hydrogen) atoms. The SMILES string of the molecule is [C-]#[N+]c1ccc(-c2ccc3c4ccc(-c5ccc(C#N)cc5[N+]#[C-])cc4n(-c4cc(C#N)c(-c5c([N+]#[C-])cccc5C(F)(F)F)cc4-n4c5cc(-c6ccc([N+]#[C-])cc6C#N)ccc5c5ccc(-c6ccc(C#N)cc6[N+]#[C-])cc54)c3c2)c(C#N)c1. The minimum absolute atomic E-state index is 0.167. The van der Waals surface area contributed by atoms with Crippen molar-refractivity contribution >= 4 is 72.0 Å². The zero-order chi connectivity index (χ0) is 60.1. The first kappa shape index (κ1) is 53.1. The molecular formula is C71H29F3N12. The average molecular weight is 1110 g/mol. The number of alkyl halides is 3. The van der Waals surface area contributed by atoms with Gasteiger partial charge >= 0.3 is 6.18 Å². The lowest BCUT2D eigenvalue weighted by Gasteiger charge is -2.22. The van der Waals surface area contributed by atoms with E-state index in [9.17, 15) is 26.3 Å². The van der Waals surface area contributed by atoms with Gasteiger partial charge in [0.1, 0.15) is 0 Å². The average Bonchev–Trinajstić information content (AvgIpc) is 2.01. The minimum atomic E-state index is -5.02. The van der Waals surface area contributed by atoms with Gasteiger partial charge in [0.15, 0.2) is 28.4 Å². The van der Waals surface area contributed by atoms with E-state index in [4.69, 9.17) is 32.9 Å². The van der Waals surface area contributed by atoms with E-state index >= 15 is 13.2 Å². The summed E-state index contributed by atoms with van der Waals surface area (Å²) in [5.41, 5.74) is 5.38. The molecule has 0 N–H and O–H groups in total. The number of nitrogens with zero attached hydrogens (tertiary/aromatic N) is 12. The fourth-order valence-corrected chi connectivity index (χ4v) is 11.4. The number of nitriles is 5. The number of fused-ring (bicyclic) bond motifs is 6. The van der Waals surface area contributed by atoms with Crippen molar-refractivity contribution < 1.29 is 13.2 Å². The second-order valence-electron chi connectivity index (χ2n) is 19.7. The summed E-state index contributed by atoms with van der Waals surface area (Å²) in [5, 5.41) is 54.6. The van der Waals surface area contributed by atoms with Gasteiger partial charge in [0.05, 0.1) is 108 Å². The Morgan fingerprint density at radius 1 is 0.349 bits per heavy atom. The molecule has 12 nitrogen and oxygen atoms in total. The van der Waals surface area contributed by atoms with E-state index in [0.29, 0.717) is 88.1 Å². The van der Waals surface area contributed by atoms with Crippen LogP contribution in [-0.4, -0.2) is 9.13 Å². The largest absolute Gasteiger partial charge is 0.415 e. The predicted molar refractivity (Wildman–Crippen MR) is 322 cm³/mol. The Labute approximate surface area is 488 Å². The molecule has 0 saturated carbocycles. The second kappa shape index (κ2) is 20.9. The quantitative estimate of drug-likeness (QED) is 0.146. The molecule has 0 bridgehead atoms. The van der Waals surface area contributed by atoms with E-state index in [0.717, 1.165) is 12.1 Å². The number of hydrogen-bond acceptors (Lipinski definition) is 5. The third-order valence-corrected chi connectivity index (χ3v) is 15.2. The molecule has 394 valence electrons. The van der Waals surface area contributed by atoms with Gasteiger partial charge in [-0.15, -0.1) is 0 Å². The van der Waals surface area contributed by atoms with Crippen molar-refractivity contribution in [2.75, 3.05) is 0 Å². The fraction of sp³-hybridized carbons (Fsp3) is 0.0141. The molecule has 0 saturated heterocycles. The van der Waals surface area contributed by atoms with Gasteiger partial charge in [-0.3, -0.25) is 0 Å².